The van der Waals surface area contributed by atoms with E-state index in [0.29, 0.717) is 56.5 Å². The van der Waals surface area contributed by atoms with Crippen LogP contribution in [0.5, 0.6) is 0 Å². The Morgan fingerprint density at radius 1 is 1.07 bits per heavy atom. The van der Waals surface area contributed by atoms with Gasteiger partial charge in [0.2, 0.25) is 15.9 Å². The Morgan fingerprint density at radius 2 is 1.73 bits per heavy atom. The highest BCUT2D eigenvalue weighted by atomic mass is 32.2. The summed E-state index contributed by atoms with van der Waals surface area (Å²) >= 11 is 0. The lowest BCUT2D eigenvalue weighted by Crippen LogP contribution is -2.43. The molecule has 3 heterocycles. The summed E-state index contributed by atoms with van der Waals surface area (Å²) in [5, 5.41) is 17.3. The number of piperidine rings is 1. The number of nitrogens with one attached hydrogen (secondary N) is 3. The topological polar surface area (TPSA) is 129 Å². The molecule has 0 aromatic carbocycles. The molecule has 0 saturated carbocycles. The van der Waals surface area contributed by atoms with Crippen LogP contribution in [-0.4, -0.2) is 66.2 Å². The summed E-state index contributed by atoms with van der Waals surface area (Å²) in [6.07, 6.45) is 4.06. The van der Waals surface area contributed by atoms with Gasteiger partial charge in [-0.2, -0.15) is 0 Å². The zero-order chi connectivity index (χ0) is 21.6. The van der Waals surface area contributed by atoms with Crippen LogP contribution < -0.4 is 16.0 Å². The van der Waals surface area contributed by atoms with Gasteiger partial charge < -0.3 is 16.0 Å². The molecule has 2 aromatic heterocycles. The largest absolute Gasteiger partial charge is 0.367 e. The number of amides is 1. The summed E-state index contributed by atoms with van der Waals surface area (Å²) in [6, 6.07) is 7.43. The first-order valence-electron chi connectivity index (χ1n) is 9.81. The average Bonchev–Trinajstić information content (AvgIpc) is 2.73. The first-order chi connectivity index (χ1) is 14.3. The van der Waals surface area contributed by atoms with Gasteiger partial charge in [0.25, 0.3) is 0 Å². The molecular weight excluding hydrogens is 406 g/mol. The van der Waals surface area contributed by atoms with E-state index in [1.54, 1.807) is 18.3 Å². The summed E-state index contributed by atoms with van der Waals surface area (Å²) < 4.78 is 24.5. The van der Waals surface area contributed by atoms with Crippen molar-refractivity contribution in [3.8, 4) is 0 Å². The van der Waals surface area contributed by atoms with E-state index in [2.05, 4.69) is 31.1 Å². The number of carbonyl (C=O) groups excluding carboxylic acids is 1. The van der Waals surface area contributed by atoms with Gasteiger partial charge in [0.15, 0.2) is 5.82 Å². The monoisotopic (exact) mass is 433 g/mol. The Kier molecular flexibility index (Phi) is 7.16. The van der Waals surface area contributed by atoms with Gasteiger partial charge in [-0.25, -0.2) is 17.7 Å². The van der Waals surface area contributed by atoms with E-state index in [9.17, 15) is 13.2 Å². The van der Waals surface area contributed by atoms with Crippen molar-refractivity contribution in [1.82, 2.24) is 24.8 Å². The molecule has 3 N–H and O–H groups in total. The Morgan fingerprint density at radius 3 is 2.33 bits per heavy atom. The van der Waals surface area contributed by atoms with Gasteiger partial charge in [0.05, 0.1) is 6.26 Å². The molecule has 1 aliphatic rings. The molecule has 0 spiro atoms. The van der Waals surface area contributed by atoms with Crippen molar-refractivity contribution in [3.63, 3.8) is 0 Å². The lowest BCUT2D eigenvalue weighted by atomic mass is 9.97. The Bertz CT molecular complexity index is 941. The molecule has 1 saturated heterocycles. The highest BCUT2D eigenvalue weighted by Gasteiger charge is 2.28. The van der Waals surface area contributed by atoms with E-state index >= 15 is 0 Å². The number of hydrogen-bond donors (Lipinski definition) is 3. The number of anilines is 3. The summed E-state index contributed by atoms with van der Waals surface area (Å²) in [6.45, 7) is 3.71. The highest BCUT2D eigenvalue weighted by Crippen LogP contribution is 2.19. The number of pyridine rings is 1. The molecule has 0 unspecified atom stereocenters. The van der Waals surface area contributed by atoms with Gasteiger partial charge >= 0.3 is 0 Å². The smallest absolute Gasteiger partial charge is 0.223 e. The number of aryl methyl sites for hydroxylation is 1. The molecule has 10 nitrogen and oxygen atoms in total. The van der Waals surface area contributed by atoms with Crippen molar-refractivity contribution in [2.45, 2.75) is 19.8 Å². The Balaban J connectivity index is 1.36. The van der Waals surface area contributed by atoms with Crippen molar-refractivity contribution in [2.75, 3.05) is 43.1 Å². The molecule has 0 aliphatic carbocycles. The number of aromatic nitrogens is 3. The van der Waals surface area contributed by atoms with Crippen molar-refractivity contribution in [1.29, 1.82) is 0 Å². The van der Waals surface area contributed by atoms with Crippen LogP contribution in [-0.2, 0) is 14.8 Å². The fourth-order valence-corrected chi connectivity index (χ4v) is 4.01. The van der Waals surface area contributed by atoms with E-state index in [0.717, 1.165) is 5.56 Å². The number of carbonyl (C=O) groups is 1. The lowest BCUT2D eigenvalue weighted by molar-refractivity contribution is -0.126. The van der Waals surface area contributed by atoms with E-state index in [1.165, 1.54) is 10.6 Å². The molecule has 0 atom stereocenters. The minimum absolute atomic E-state index is 0.0406. The summed E-state index contributed by atoms with van der Waals surface area (Å²) in [4.78, 5) is 16.5. The SMILES string of the molecule is Cc1ccc(Nc2ccc(NCCNC(=O)C3CCN(S(C)(=O)=O)CC3)nn2)nc1. The maximum Gasteiger partial charge on any atom is 0.223 e. The van der Waals surface area contributed by atoms with E-state index in [-0.39, 0.29) is 11.8 Å². The zero-order valence-corrected chi connectivity index (χ0v) is 17.9. The first kappa shape index (κ1) is 21.9. The summed E-state index contributed by atoms with van der Waals surface area (Å²) in [5.74, 6) is 1.70. The summed E-state index contributed by atoms with van der Waals surface area (Å²) in [7, 11) is -3.18. The molecule has 11 heteroatoms. The fourth-order valence-electron chi connectivity index (χ4n) is 3.14. The van der Waals surface area contributed by atoms with Gasteiger partial charge in [0, 0.05) is 38.3 Å². The zero-order valence-electron chi connectivity index (χ0n) is 17.1. The van der Waals surface area contributed by atoms with Crippen LogP contribution in [0.2, 0.25) is 0 Å². The van der Waals surface area contributed by atoms with Crippen LogP contribution >= 0.6 is 0 Å². The van der Waals surface area contributed by atoms with Crippen molar-refractivity contribution < 1.29 is 13.2 Å². The molecule has 2 aromatic rings. The van der Waals surface area contributed by atoms with Crippen molar-refractivity contribution in [2.24, 2.45) is 5.92 Å². The Hall–Kier alpha value is -2.79. The maximum absolute atomic E-state index is 12.3. The van der Waals surface area contributed by atoms with Gasteiger partial charge in [-0.3, -0.25) is 4.79 Å². The standard InChI is InChI=1S/C19H27N7O3S/c1-14-3-4-16(22-13-14)23-18-6-5-17(24-25-18)20-9-10-21-19(27)15-7-11-26(12-8-15)30(2,28)29/h3-6,13,15H,7-12H2,1-2H3,(H,20,24)(H,21,27)(H,22,23,25). The predicted octanol–water partition coefficient (Wildman–Crippen LogP) is 1.12. The van der Waals surface area contributed by atoms with Gasteiger partial charge in [-0.1, -0.05) is 6.07 Å². The van der Waals surface area contributed by atoms with Crippen molar-refractivity contribution in [3.05, 3.63) is 36.0 Å². The molecule has 0 radical (unpaired) electrons. The van der Waals surface area contributed by atoms with Crippen LogP contribution in [0.1, 0.15) is 18.4 Å². The van der Waals surface area contributed by atoms with Crippen LogP contribution in [0, 0.1) is 12.8 Å². The molecule has 1 fully saturated rings. The Labute approximate surface area is 176 Å². The molecule has 0 bridgehead atoms. The fraction of sp³-hybridized carbons (Fsp3) is 0.474. The maximum atomic E-state index is 12.3. The third-order valence-corrected chi connectivity index (χ3v) is 6.16. The predicted molar refractivity (Wildman–Crippen MR) is 115 cm³/mol. The first-order valence-corrected chi connectivity index (χ1v) is 11.7. The minimum atomic E-state index is -3.18. The second-order valence-electron chi connectivity index (χ2n) is 7.30. The molecule has 30 heavy (non-hydrogen) atoms. The molecule has 162 valence electrons. The average molecular weight is 434 g/mol. The van der Waals surface area contributed by atoms with E-state index in [4.69, 9.17) is 0 Å². The van der Waals surface area contributed by atoms with Crippen LogP contribution in [0.25, 0.3) is 0 Å². The van der Waals surface area contributed by atoms with Crippen LogP contribution in [0.4, 0.5) is 17.5 Å². The molecule has 1 amide bonds. The van der Waals surface area contributed by atoms with Crippen LogP contribution in [0.15, 0.2) is 30.5 Å². The third kappa shape index (κ3) is 6.36. The second kappa shape index (κ2) is 9.81. The van der Waals surface area contributed by atoms with Crippen molar-refractivity contribution >= 4 is 33.4 Å². The van der Waals surface area contributed by atoms with Gasteiger partial charge in [0.1, 0.15) is 11.6 Å². The minimum Gasteiger partial charge on any atom is -0.367 e. The number of nitrogens with zero attached hydrogens (tertiary/aromatic N) is 4. The van der Waals surface area contributed by atoms with Gasteiger partial charge in [-0.05, 0) is 43.5 Å². The third-order valence-electron chi connectivity index (χ3n) is 4.86. The van der Waals surface area contributed by atoms with Gasteiger partial charge in [-0.15, -0.1) is 10.2 Å². The van der Waals surface area contributed by atoms with E-state index in [1.807, 2.05) is 19.1 Å². The molecule has 1 aliphatic heterocycles. The van der Waals surface area contributed by atoms with Crippen LogP contribution in [0.3, 0.4) is 0 Å². The lowest BCUT2D eigenvalue weighted by Gasteiger charge is -2.29. The normalized spacial score (nSPS) is 15.5. The number of hydrogen-bond acceptors (Lipinski definition) is 8. The summed E-state index contributed by atoms with van der Waals surface area (Å²) in [5.41, 5.74) is 1.08. The molecule has 3 rings (SSSR count). The quantitative estimate of drug-likeness (QED) is 0.528. The highest BCUT2D eigenvalue weighted by molar-refractivity contribution is 7.88. The number of sulfonamides is 1. The second-order valence-corrected chi connectivity index (χ2v) is 9.29. The molecular formula is C19H27N7O3S. The number of rotatable bonds is 8. The van der Waals surface area contributed by atoms with E-state index < -0.39 is 10.0 Å².